The van der Waals surface area contributed by atoms with Crippen molar-refractivity contribution < 1.29 is 0 Å². The van der Waals surface area contributed by atoms with Gasteiger partial charge in [-0.2, -0.15) is 0 Å². The number of halogens is 1. The first kappa shape index (κ1) is 14.7. The Morgan fingerprint density at radius 3 is 2.73 bits per heavy atom. The SMILES string of the molecule is CN=C(NCCc1cccs1)N(C)C.I. The van der Waals surface area contributed by atoms with Crippen LogP contribution in [0.2, 0.25) is 0 Å². The molecule has 0 bridgehead atoms. The van der Waals surface area contributed by atoms with Gasteiger partial charge in [-0.1, -0.05) is 6.07 Å². The van der Waals surface area contributed by atoms with E-state index in [0.29, 0.717) is 0 Å². The molecular formula is C10H18IN3S. The molecule has 0 radical (unpaired) electrons. The Bertz CT molecular complexity index is 283. The summed E-state index contributed by atoms with van der Waals surface area (Å²) in [5.41, 5.74) is 0. The first-order valence-electron chi connectivity index (χ1n) is 4.64. The van der Waals surface area contributed by atoms with Crippen LogP contribution in [0.15, 0.2) is 22.5 Å². The topological polar surface area (TPSA) is 27.6 Å². The Morgan fingerprint density at radius 2 is 2.27 bits per heavy atom. The van der Waals surface area contributed by atoms with Gasteiger partial charge in [0.1, 0.15) is 0 Å². The fourth-order valence-corrected chi connectivity index (χ4v) is 1.90. The molecule has 0 aliphatic heterocycles. The van der Waals surface area contributed by atoms with Gasteiger partial charge in [0.05, 0.1) is 0 Å². The van der Waals surface area contributed by atoms with Crippen molar-refractivity contribution in [2.45, 2.75) is 6.42 Å². The van der Waals surface area contributed by atoms with Crippen LogP contribution in [-0.2, 0) is 6.42 Å². The first-order valence-corrected chi connectivity index (χ1v) is 5.52. The van der Waals surface area contributed by atoms with Crippen molar-refractivity contribution in [2.24, 2.45) is 4.99 Å². The molecule has 0 atom stereocenters. The van der Waals surface area contributed by atoms with Gasteiger partial charge in [0.2, 0.25) is 0 Å². The van der Waals surface area contributed by atoms with Crippen molar-refractivity contribution in [3.8, 4) is 0 Å². The molecular weight excluding hydrogens is 321 g/mol. The summed E-state index contributed by atoms with van der Waals surface area (Å²) in [5.74, 6) is 0.932. The van der Waals surface area contributed by atoms with Crippen LogP contribution in [0.25, 0.3) is 0 Å². The molecule has 0 aliphatic carbocycles. The molecule has 5 heteroatoms. The lowest BCUT2D eigenvalue weighted by atomic mass is 10.3. The summed E-state index contributed by atoms with van der Waals surface area (Å²) >= 11 is 1.80. The van der Waals surface area contributed by atoms with Gasteiger partial charge in [0.15, 0.2) is 5.96 Å². The lowest BCUT2D eigenvalue weighted by molar-refractivity contribution is 0.583. The molecule has 1 aromatic heterocycles. The number of hydrogen-bond donors (Lipinski definition) is 1. The standard InChI is InChI=1S/C10H17N3S.HI/c1-11-10(13(2)3)12-7-6-9-5-4-8-14-9;/h4-5,8H,6-7H2,1-3H3,(H,11,12);1H. The second kappa shape index (κ2) is 7.92. The minimum absolute atomic E-state index is 0. The van der Waals surface area contributed by atoms with E-state index >= 15 is 0 Å². The second-order valence-corrected chi connectivity index (χ2v) is 4.23. The first-order chi connectivity index (χ1) is 6.74. The molecule has 0 aromatic carbocycles. The van der Waals surface area contributed by atoms with Crippen LogP contribution in [0.1, 0.15) is 4.88 Å². The molecule has 0 saturated carbocycles. The van der Waals surface area contributed by atoms with Gasteiger partial charge in [-0.05, 0) is 17.9 Å². The number of aliphatic imine (C=N–C) groups is 1. The Labute approximate surface area is 113 Å². The number of nitrogens with one attached hydrogen (secondary N) is 1. The van der Waals surface area contributed by atoms with Gasteiger partial charge in [-0.3, -0.25) is 4.99 Å². The number of rotatable bonds is 3. The number of guanidine groups is 1. The fourth-order valence-electron chi connectivity index (χ4n) is 1.19. The molecule has 0 spiro atoms. The molecule has 15 heavy (non-hydrogen) atoms. The van der Waals surface area contributed by atoms with Crippen LogP contribution < -0.4 is 5.32 Å². The van der Waals surface area contributed by atoms with Gasteiger partial charge in [0.25, 0.3) is 0 Å². The van der Waals surface area contributed by atoms with Crippen LogP contribution >= 0.6 is 35.3 Å². The molecule has 0 unspecified atom stereocenters. The Kier molecular flexibility index (Phi) is 7.76. The van der Waals surface area contributed by atoms with Crippen LogP contribution in [0, 0.1) is 0 Å². The summed E-state index contributed by atoms with van der Waals surface area (Å²) in [4.78, 5) is 7.53. The zero-order chi connectivity index (χ0) is 10.4. The number of thiophene rings is 1. The highest BCUT2D eigenvalue weighted by molar-refractivity contribution is 14.0. The lowest BCUT2D eigenvalue weighted by Gasteiger charge is -2.16. The number of nitrogens with zero attached hydrogens (tertiary/aromatic N) is 2. The van der Waals surface area contributed by atoms with E-state index in [1.807, 2.05) is 19.0 Å². The van der Waals surface area contributed by atoms with Crippen LogP contribution in [0.5, 0.6) is 0 Å². The third-order valence-electron chi connectivity index (χ3n) is 1.87. The summed E-state index contributed by atoms with van der Waals surface area (Å²) in [6.45, 7) is 0.936. The highest BCUT2D eigenvalue weighted by Crippen LogP contribution is 2.07. The smallest absolute Gasteiger partial charge is 0.193 e. The van der Waals surface area contributed by atoms with Crippen molar-refractivity contribution in [3.63, 3.8) is 0 Å². The van der Waals surface area contributed by atoms with E-state index in [1.54, 1.807) is 18.4 Å². The maximum atomic E-state index is 4.14. The summed E-state index contributed by atoms with van der Waals surface area (Å²) in [7, 11) is 5.77. The zero-order valence-corrected chi connectivity index (χ0v) is 12.5. The van der Waals surface area contributed by atoms with E-state index < -0.39 is 0 Å². The fraction of sp³-hybridized carbons (Fsp3) is 0.500. The molecule has 86 valence electrons. The summed E-state index contributed by atoms with van der Waals surface area (Å²) in [6, 6.07) is 4.24. The average molecular weight is 339 g/mol. The molecule has 0 aliphatic rings. The monoisotopic (exact) mass is 339 g/mol. The molecule has 0 amide bonds. The van der Waals surface area contributed by atoms with Gasteiger partial charge >= 0.3 is 0 Å². The van der Waals surface area contributed by atoms with E-state index in [9.17, 15) is 0 Å². The second-order valence-electron chi connectivity index (χ2n) is 3.20. The van der Waals surface area contributed by atoms with Crippen LogP contribution in [0.3, 0.4) is 0 Å². The predicted molar refractivity (Wildman–Crippen MR) is 78.5 cm³/mol. The van der Waals surface area contributed by atoms with Gasteiger partial charge in [-0.15, -0.1) is 35.3 Å². The third-order valence-corrected chi connectivity index (χ3v) is 2.81. The quantitative estimate of drug-likeness (QED) is 0.519. The molecule has 1 heterocycles. The molecule has 0 fully saturated rings. The molecule has 1 N–H and O–H groups in total. The summed E-state index contributed by atoms with van der Waals surface area (Å²) < 4.78 is 0. The Morgan fingerprint density at radius 1 is 1.53 bits per heavy atom. The van der Waals surface area contributed by atoms with Crippen LogP contribution in [-0.4, -0.2) is 38.5 Å². The molecule has 1 rings (SSSR count). The van der Waals surface area contributed by atoms with E-state index in [4.69, 9.17) is 0 Å². The van der Waals surface area contributed by atoms with Crippen molar-refractivity contribution in [2.75, 3.05) is 27.7 Å². The minimum atomic E-state index is 0. The molecule has 0 saturated heterocycles. The summed E-state index contributed by atoms with van der Waals surface area (Å²) in [6.07, 6.45) is 1.06. The van der Waals surface area contributed by atoms with Crippen molar-refractivity contribution >= 4 is 41.3 Å². The predicted octanol–water partition coefficient (Wildman–Crippen LogP) is 2.05. The number of hydrogen-bond acceptors (Lipinski definition) is 2. The highest BCUT2D eigenvalue weighted by atomic mass is 127. The Balaban J connectivity index is 0.00000196. The minimum Gasteiger partial charge on any atom is -0.356 e. The maximum Gasteiger partial charge on any atom is 0.193 e. The zero-order valence-electron chi connectivity index (χ0n) is 9.36. The van der Waals surface area contributed by atoms with E-state index in [1.165, 1.54) is 4.88 Å². The van der Waals surface area contributed by atoms with Crippen molar-refractivity contribution in [3.05, 3.63) is 22.4 Å². The lowest BCUT2D eigenvalue weighted by Crippen LogP contribution is -2.37. The van der Waals surface area contributed by atoms with Crippen LogP contribution in [0.4, 0.5) is 0 Å². The molecule has 1 aromatic rings. The largest absolute Gasteiger partial charge is 0.356 e. The van der Waals surface area contributed by atoms with E-state index in [2.05, 4.69) is 27.8 Å². The highest BCUT2D eigenvalue weighted by Gasteiger charge is 1.99. The Hall–Kier alpha value is -0.300. The van der Waals surface area contributed by atoms with Gasteiger partial charge in [0, 0.05) is 32.6 Å². The van der Waals surface area contributed by atoms with E-state index in [0.717, 1.165) is 18.9 Å². The third kappa shape index (κ3) is 5.36. The van der Waals surface area contributed by atoms with Crippen molar-refractivity contribution in [1.29, 1.82) is 0 Å². The van der Waals surface area contributed by atoms with Gasteiger partial charge < -0.3 is 10.2 Å². The average Bonchev–Trinajstić information content (AvgIpc) is 2.64. The summed E-state index contributed by atoms with van der Waals surface area (Å²) in [5, 5.41) is 5.40. The van der Waals surface area contributed by atoms with E-state index in [-0.39, 0.29) is 24.0 Å². The van der Waals surface area contributed by atoms with Crippen molar-refractivity contribution in [1.82, 2.24) is 10.2 Å². The molecule has 3 nitrogen and oxygen atoms in total. The van der Waals surface area contributed by atoms with Gasteiger partial charge in [-0.25, -0.2) is 0 Å². The maximum absolute atomic E-state index is 4.14. The normalized spacial score (nSPS) is 10.7.